The summed E-state index contributed by atoms with van der Waals surface area (Å²) in [6, 6.07) is 12.3. The van der Waals surface area contributed by atoms with Gasteiger partial charge in [-0.1, -0.05) is 24.3 Å². The quantitative estimate of drug-likeness (QED) is 0.760. The third-order valence-corrected chi connectivity index (χ3v) is 2.94. The van der Waals surface area contributed by atoms with Crippen LogP contribution >= 0.6 is 0 Å². The fourth-order valence-electron chi connectivity index (χ4n) is 1.93. The summed E-state index contributed by atoms with van der Waals surface area (Å²) in [5.74, 6) is 0.257. The summed E-state index contributed by atoms with van der Waals surface area (Å²) in [5.41, 5.74) is 0.301. The molecule has 0 aliphatic carbocycles. The van der Waals surface area contributed by atoms with Crippen LogP contribution in [0.3, 0.4) is 0 Å². The minimum atomic E-state index is -4.37. The Labute approximate surface area is 118 Å². The Morgan fingerprint density at radius 1 is 0.952 bits per heavy atom. The number of benzene rings is 2. The molecule has 3 nitrogen and oxygen atoms in total. The summed E-state index contributed by atoms with van der Waals surface area (Å²) in [6.45, 7) is 0. The zero-order chi connectivity index (χ0) is 14.9. The van der Waals surface area contributed by atoms with Crippen molar-refractivity contribution in [2.75, 3.05) is 5.32 Å². The molecule has 1 aromatic heterocycles. The highest BCUT2D eigenvalue weighted by Gasteiger charge is 2.30. The average Bonchev–Trinajstić information content (AvgIpc) is 2.46. The predicted octanol–water partition coefficient (Wildman–Crippen LogP) is 4.39. The molecule has 2 aromatic carbocycles. The van der Waals surface area contributed by atoms with Crippen LogP contribution in [-0.2, 0) is 6.18 Å². The normalized spacial score (nSPS) is 11.6. The number of nitrogens with zero attached hydrogens (tertiary/aromatic N) is 2. The lowest BCUT2D eigenvalue weighted by Gasteiger charge is -2.10. The lowest BCUT2D eigenvalue weighted by Crippen LogP contribution is -2.05. The Hall–Kier alpha value is -2.63. The van der Waals surface area contributed by atoms with Crippen LogP contribution in [0.4, 0.5) is 24.8 Å². The zero-order valence-corrected chi connectivity index (χ0v) is 10.7. The first-order chi connectivity index (χ1) is 10.0. The summed E-state index contributed by atoms with van der Waals surface area (Å²) in [7, 11) is 0. The predicted molar refractivity (Wildman–Crippen MR) is 74.3 cm³/mol. The maximum absolute atomic E-state index is 12.7. The summed E-state index contributed by atoms with van der Waals surface area (Å²) >= 11 is 0. The maximum Gasteiger partial charge on any atom is 0.416 e. The first-order valence-corrected chi connectivity index (χ1v) is 6.18. The summed E-state index contributed by atoms with van der Waals surface area (Å²) in [4.78, 5) is 8.35. The minimum absolute atomic E-state index is 0.257. The number of anilines is 2. The number of rotatable bonds is 2. The highest BCUT2D eigenvalue weighted by Crippen LogP contribution is 2.31. The van der Waals surface area contributed by atoms with Crippen molar-refractivity contribution in [1.82, 2.24) is 9.97 Å². The van der Waals surface area contributed by atoms with Crippen molar-refractivity contribution in [2.24, 2.45) is 0 Å². The highest BCUT2D eigenvalue weighted by molar-refractivity contribution is 5.78. The van der Waals surface area contributed by atoms with Gasteiger partial charge in [0.25, 0.3) is 0 Å². The van der Waals surface area contributed by atoms with Gasteiger partial charge in [-0.25, -0.2) is 9.97 Å². The average molecular weight is 289 g/mol. The molecule has 0 saturated carbocycles. The summed E-state index contributed by atoms with van der Waals surface area (Å²) in [6.07, 6.45) is -2.75. The first-order valence-electron chi connectivity index (χ1n) is 6.18. The molecule has 21 heavy (non-hydrogen) atoms. The maximum atomic E-state index is 12.7. The number of nitrogens with one attached hydrogen (secondary N) is 1. The van der Waals surface area contributed by atoms with Crippen molar-refractivity contribution in [3.63, 3.8) is 0 Å². The number of hydrogen-bond donors (Lipinski definition) is 1. The van der Waals surface area contributed by atoms with Gasteiger partial charge in [-0.15, -0.1) is 0 Å². The van der Waals surface area contributed by atoms with Gasteiger partial charge in [-0.2, -0.15) is 13.2 Å². The van der Waals surface area contributed by atoms with Gasteiger partial charge in [0, 0.05) is 17.3 Å². The van der Waals surface area contributed by atoms with Crippen molar-refractivity contribution in [2.45, 2.75) is 6.18 Å². The van der Waals surface area contributed by atoms with Crippen LogP contribution in [0.15, 0.2) is 54.7 Å². The monoisotopic (exact) mass is 289 g/mol. The number of para-hydroxylation sites is 1. The van der Waals surface area contributed by atoms with Crippen molar-refractivity contribution < 1.29 is 13.2 Å². The topological polar surface area (TPSA) is 37.8 Å². The molecule has 0 fully saturated rings. The molecule has 1 N–H and O–H groups in total. The van der Waals surface area contributed by atoms with E-state index in [-0.39, 0.29) is 5.95 Å². The van der Waals surface area contributed by atoms with Crippen molar-refractivity contribution in [3.05, 3.63) is 60.3 Å². The van der Waals surface area contributed by atoms with Crippen LogP contribution in [0.25, 0.3) is 10.9 Å². The molecule has 106 valence electrons. The SMILES string of the molecule is FC(F)(F)c1cccc(Nc2ncc3ccccc3n2)c1. The molecule has 6 heteroatoms. The van der Waals surface area contributed by atoms with Gasteiger partial charge in [0.15, 0.2) is 0 Å². The van der Waals surface area contributed by atoms with Gasteiger partial charge in [-0.3, -0.25) is 0 Å². The molecular formula is C15H10F3N3. The lowest BCUT2D eigenvalue weighted by atomic mass is 10.2. The number of fused-ring (bicyclic) bond motifs is 1. The Kier molecular flexibility index (Phi) is 3.21. The molecule has 0 aliphatic heterocycles. The van der Waals surface area contributed by atoms with Crippen LogP contribution < -0.4 is 5.32 Å². The molecule has 0 saturated heterocycles. The molecule has 0 aliphatic rings. The van der Waals surface area contributed by atoms with E-state index in [2.05, 4.69) is 15.3 Å². The van der Waals surface area contributed by atoms with Crippen molar-refractivity contribution in [1.29, 1.82) is 0 Å². The Morgan fingerprint density at radius 3 is 2.57 bits per heavy atom. The number of hydrogen-bond acceptors (Lipinski definition) is 3. The van der Waals surface area contributed by atoms with Crippen molar-refractivity contribution in [3.8, 4) is 0 Å². The van der Waals surface area contributed by atoms with E-state index < -0.39 is 11.7 Å². The number of halogens is 3. The molecule has 3 aromatic rings. The van der Waals surface area contributed by atoms with Crippen LogP contribution in [0.1, 0.15) is 5.56 Å². The molecule has 0 unspecified atom stereocenters. The molecular weight excluding hydrogens is 279 g/mol. The van der Waals surface area contributed by atoms with Crippen LogP contribution in [0.2, 0.25) is 0 Å². The third kappa shape index (κ3) is 2.94. The number of aromatic nitrogens is 2. The van der Waals surface area contributed by atoms with E-state index in [4.69, 9.17) is 0 Å². The van der Waals surface area contributed by atoms with E-state index in [9.17, 15) is 13.2 Å². The summed E-state index contributed by atoms with van der Waals surface area (Å²) in [5, 5.41) is 3.65. The molecule has 0 radical (unpaired) electrons. The largest absolute Gasteiger partial charge is 0.416 e. The Balaban J connectivity index is 1.91. The molecule has 0 amide bonds. The van der Waals surface area contributed by atoms with Crippen LogP contribution in [-0.4, -0.2) is 9.97 Å². The van der Waals surface area contributed by atoms with E-state index in [1.54, 1.807) is 6.20 Å². The van der Waals surface area contributed by atoms with E-state index in [0.717, 1.165) is 23.0 Å². The molecule has 0 spiro atoms. The van der Waals surface area contributed by atoms with Gasteiger partial charge in [0.05, 0.1) is 11.1 Å². The minimum Gasteiger partial charge on any atom is -0.324 e. The molecule has 0 bridgehead atoms. The highest BCUT2D eigenvalue weighted by atomic mass is 19.4. The fraction of sp³-hybridized carbons (Fsp3) is 0.0667. The smallest absolute Gasteiger partial charge is 0.324 e. The fourth-order valence-corrected chi connectivity index (χ4v) is 1.93. The second kappa shape index (κ2) is 5.05. The van der Waals surface area contributed by atoms with Crippen LogP contribution in [0.5, 0.6) is 0 Å². The van der Waals surface area contributed by atoms with Gasteiger partial charge in [0.1, 0.15) is 0 Å². The van der Waals surface area contributed by atoms with E-state index in [0.29, 0.717) is 5.69 Å². The third-order valence-electron chi connectivity index (χ3n) is 2.94. The van der Waals surface area contributed by atoms with E-state index >= 15 is 0 Å². The van der Waals surface area contributed by atoms with E-state index in [1.807, 2.05) is 24.3 Å². The van der Waals surface area contributed by atoms with Gasteiger partial charge in [-0.05, 0) is 24.3 Å². The first kappa shape index (κ1) is 13.4. The Morgan fingerprint density at radius 2 is 1.76 bits per heavy atom. The van der Waals surface area contributed by atoms with Crippen LogP contribution in [0, 0.1) is 0 Å². The lowest BCUT2D eigenvalue weighted by molar-refractivity contribution is -0.137. The zero-order valence-electron chi connectivity index (χ0n) is 10.7. The van der Waals surface area contributed by atoms with Gasteiger partial charge >= 0.3 is 6.18 Å². The number of alkyl halides is 3. The molecule has 3 rings (SSSR count). The Bertz CT molecular complexity index is 784. The summed E-state index contributed by atoms with van der Waals surface area (Å²) < 4.78 is 38.0. The molecule has 1 heterocycles. The second-order valence-corrected chi connectivity index (χ2v) is 4.46. The molecule has 0 atom stereocenters. The van der Waals surface area contributed by atoms with Crippen molar-refractivity contribution >= 4 is 22.5 Å². The standard InChI is InChI=1S/C15H10F3N3/c16-15(17,18)11-5-3-6-12(8-11)20-14-19-9-10-4-1-2-7-13(10)21-14/h1-9H,(H,19,20,21). The van der Waals surface area contributed by atoms with Gasteiger partial charge in [0.2, 0.25) is 5.95 Å². The van der Waals surface area contributed by atoms with E-state index in [1.165, 1.54) is 12.1 Å². The van der Waals surface area contributed by atoms with Gasteiger partial charge < -0.3 is 5.32 Å². The second-order valence-electron chi connectivity index (χ2n) is 4.46.